The van der Waals surface area contributed by atoms with E-state index in [1.165, 1.54) is 0 Å². The summed E-state index contributed by atoms with van der Waals surface area (Å²) in [6.07, 6.45) is 0. The highest BCUT2D eigenvalue weighted by molar-refractivity contribution is 5.97. The molecule has 1 atom stereocenters. The summed E-state index contributed by atoms with van der Waals surface area (Å²) in [6.45, 7) is 10.6. The monoisotopic (exact) mass is 278 g/mol. The summed E-state index contributed by atoms with van der Waals surface area (Å²) in [4.78, 5) is 28.1. The van der Waals surface area contributed by atoms with E-state index in [-0.39, 0.29) is 5.91 Å². The van der Waals surface area contributed by atoms with Crippen LogP contribution in [0.4, 0.5) is 0 Å². The van der Waals surface area contributed by atoms with Crippen molar-refractivity contribution in [1.29, 1.82) is 0 Å². The minimum Gasteiger partial charge on any atom is -0.458 e. The van der Waals surface area contributed by atoms with Gasteiger partial charge in [0.2, 0.25) is 0 Å². The number of esters is 1. The summed E-state index contributed by atoms with van der Waals surface area (Å²) in [6, 6.07) is 2.76. The van der Waals surface area contributed by atoms with Gasteiger partial charge in [-0.3, -0.25) is 9.78 Å². The topological polar surface area (TPSA) is 68.3 Å². The van der Waals surface area contributed by atoms with Crippen molar-refractivity contribution in [3.63, 3.8) is 0 Å². The van der Waals surface area contributed by atoms with Crippen molar-refractivity contribution < 1.29 is 14.3 Å². The number of aryl methyl sites for hydroxylation is 2. The van der Waals surface area contributed by atoms with Crippen LogP contribution < -0.4 is 5.32 Å². The number of ether oxygens (including phenoxy) is 1. The normalized spacial score (nSPS) is 12.7. The number of aromatic nitrogens is 1. The fourth-order valence-electron chi connectivity index (χ4n) is 1.65. The average Bonchev–Trinajstić information content (AvgIpc) is 2.26. The highest BCUT2D eigenvalue weighted by atomic mass is 16.6. The maximum absolute atomic E-state index is 12.1. The van der Waals surface area contributed by atoms with Crippen LogP contribution >= 0.6 is 0 Å². The fourth-order valence-corrected chi connectivity index (χ4v) is 1.65. The lowest BCUT2D eigenvalue weighted by Crippen LogP contribution is -2.42. The maximum Gasteiger partial charge on any atom is 0.328 e. The zero-order valence-corrected chi connectivity index (χ0v) is 12.9. The van der Waals surface area contributed by atoms with Gasteiger partial charge < -0.3 is 10.1 Å². The van der Waals surface area contributed by atoms with Gasteiger partial charge in [0.15, 0.2) is 0 Å². The van der Waals surface area contributed by atoms with Gasteiger partial charge in [-0.2, -0.15) is 0 Å². The lowest BCUT2D eigenvalue weighted by atomic mass is 10.1. The van der Waals surface area contributed by atoms with E-state index < -0.39 is 17.6 Å². The van der Waals surface area contributed by atoms with Crippen LogP contribution in [0, 0.1) is 13.8 Å². The van der Waals surface area contributed by atoms with Crippen molar-refractivity contribution in [1.82, 2.24) is 10.3 Å². The lowest BCUT2D eigenvalue weighted by Gasteiger charge is -2.22. The van der Waals surface area contributed by atoms with Crippen LogP contribution in [0.15, 0.2) is 12.1 Å². The number of hydrogen-bond donors (Lipinski definition) is 1. The average molecular weight is 278 g/mol. The molecule has 0 saturated heterocycles. The highest BCUT2D eigenvalue weighted by Crippen LogP contribution is 2.10. The second-order valence-electron chi connectivity index (χ2n) is 5.81. The third kappa shape index (κ3) is 4.64. The number of carbonyl (C=O) groups excluding carboxylic acids is 2. The van der Waals surface area contributed by atoms with Gasteiger partial charge in [0, 0.05) is 5.69 Å². The second kappa shape index (κ2) is 6.03. The largest absolute Gasteiger partial charge is 0.458 e. The predicted molar refractivity (Wildman–Crippen MR) is 76.5 cm³/mol. The molecule has 0 saturated carbocycles. The third-order valence-electron chi connectivity index (χ3n) is 2.58. The molecule has 0 spiro atoms. The summed E-state index contributed by atoms with van der Waals surface area (Å²) in [5.41, 5.74) is 1.38. The molecule has 1 aromatic heterocycles. The van der Waals surface area contributed by atoms with Gasteiger partial charge in [-0.05, 0) is 53.7 Å². The van der Waals surface area contributed by atoms with Crippen molar-refractivity contribution in [3.05, 3.63) is 29.1 Å². The minimum absolute atomic E-state index is 0.326. The van der Waals surface area contributed by atoms with E-state index in [1.54, 1.807) is 46.8 Å². The molecule has 5 nitrogen and oxygen atoms in total. The van der Waals surface area contributed by atoms with Gasteiger partial charge in [0.1, 0.15) is 11.6 Å². The van der Waals surface area contributed by atoms with Crippen molar-refractivity contribution in [3.8, 4) is 0 Å². The summed E-state index contributed by atoms with van der Waals surface area (Å²) in [7, 11) is 0. The van der Waals surface area contributed by atoms with Crippen molar-refractivity contribution >= 4 is 11.9 Å². The highest BCUT2D eigenvalue weighted by Gasteiger charge is 2.23. The molecule has 20 heavy (non-hydrogen) atoms. The zero-order valence-electron chi connectivity index (χ0n) is 12.9. The molecule has 0 fully saturated rings. The molecule has 0 aromatic carbocycles. The van der Waals surface area contributed by atoms with Crippen LogP contribution in [0.5, 0.6) is 0 Å². The second-order valence-corrected chi connectivity index (χ2v) is 5.81. The van der Waals surface area contributed by atoms with Crippen LogP contribution in [0.3, 0.4) is 0 Å². The SMILES string of the molecule is Cc1ccc(C(=O)N[C@H](C)C(=O)OC(C)(C)C)c(C)n1. The van der Waals surface area contributed by atoms with Crippen molar-refractivity contribution in [2.75, 3.05) is 0 Å². The maximum atomic E-state index is 12.1. The third-order valence-corrected chi connectivity index (χ3v) is 2.58. The molecule has 0 aliphatic heterocycles. The Balaban J connectivity index is 2.73. The van der Waals surface area contributed by atoms with E-state index >= 15 is 0 Å². The zero-order chi connectivity index (χ0) is 15.5. The predicted octanol–water partition coefficient (Wildman–Crippen LogP) is 2.16. The van der Waals surface area contributed by atoms with Crippen molar-refractivity contribution in [2.24, 2.45) is 0 Å². The molecular formula is C15H22N2O3. The first-order valence-electron chi connectivity index (χ1n) is 6.58. The Morgan fingerprint density at radius 2 is 1.85 bits per heavy atom. The van der Waals surface area contributed by atoms with Crippen LogP contribution in [0.25, 0.3) is 0 Å². The molecule has 1 aromatic rings. The Kier molecular flexibility index (Phi) is 4.87. The van der Waals surface area contributed by atoms with E-state index in [4.69, 9.17) is 4.74 Å². The van der Waals surface area contributed by atoms with Gasteiger partial charge in [-0.1, -0.05) is 0 Å². The van der Waals surface area contributed by atoms with Crippen LogP contribution in [-0.4, -0.2) is 28.5 Å². The molecule has 0 aliphatic rings. The summed E-state index contributed by atoms with van der Waals surface area (Å²) >= 11 is 0. The molecule has 5 heteroatoms. The molecule has 1 N–H and O–H groups in total. The van der Waals surface area contributed by atoms with Gasteiger partial charge in [0.25, 0.3) is 5.91 Å². The number of amides is 1. The lowest BCUT2D eigenvalue weighted by molar-refractivity contribution is -0.156. The molecule has 0 bridgehead atoms. The van der Waals surface area contributed by atoms with E-state index in [9.17, 15) is 9.59 Å². The standard InChI is InChI=1S/C15H22N2O3/c1-9-7-8-12(10(2)16-9)13(18)17-11(3)14(19)20-15(4,5)6/h7-8,11H,1-6H3,(H,17,18)/t11-/m1/s1. The van der Waals surface area contributed by atoms with Crippen LogP contribution in [-0.2, 0) is 9.53 Å². The Morgan fingerprint density at radius 1 is 1.25 bits per heavy atom. The van der Waals surface area contributed by atoms with E-state index in [1.807, 2.05) is 6.92 Å². The van der Waals surface area contributed by atoms with Gasteiger partial charge in [0.05, 0.1) is 11.3 Å². The Bertz CT molecular complexity index is 518. The first-order valence-corrected chi connectivity index (χ1v) is 6.58. The molecule has 0 unspecified atom stereocenters. The molecular weight excluding hydrogens is 256 g/mol. The smallest absolute Gasteiger partial charge is 0.328 e. The van der Waals surface area contributed by atoms with Gasteiger partial charge in [-0.25, -0.2) is 4.79 Å². The molecule has 0 radical (unpaired) electrons. The quantitative estimate of drug-likeness (QED) is 0.860. The number of carbonyl (C=O) groups is 2. The van der Waals surface area contributed by atoms with E-state index in [0.717, 1.165) is 5.69 Å². The van der Waals surface area contributed by atoms with Crippen LogP contribution in [0.2, 0.25) is 0 Å². The minimum atomic E-state index is -0.706. The molecule has 0 aliphatic carbocycles. The number of hydrogen-bond acceptors (Lipinski definition) is 4. The van der Waals surface area contributed by atoms with Crippen molar-refractivity contribution in [2.45, 2.75) is 53.2 Å². The Hall–Kier alpha value is -1.91. The first kappa shape index (κ1) is 16.1. The summed E-state index contributed by atoms with van der Waals surface area (Å²) in [5, 5.41) is 2.63. The fraction of sp³-hybridized carbons (Fsp3) is 0.533. The molecule has 1 rings (SSSR count). The number of nitrogens with zero attached hydrogens (tertiary/aromatic N) is 1. The van der Waals surface area contributed by atoms with E-state index in [0.29, 0.717) is 11.3 Å². The number of rotatable bonds is 3. The molecule has 1 heterocycles. The summed E-state index contributed by atoms with van der Waals surface area (Å²) in [5.74, 6) is -0.781. The number of nitrogens with one attached hydrogen (secondary N) is 1. The summed E-state index contributed by atoms with van der Waals surface area (Å²) < 4.78 is 5.22. The van der Waals surface area contributed by atoms with Gasteiger partial charge in [-0.15, -0.1) is 0 Å². The van der Waals surface area contributed by atoms with E-state index in [2.05, 4.69) is 10.3 Å². The Morgan fingerprint density at radius 3 is 2.35 bits per heavy atom. The van der Waals surface area contributed by atoms with Crippen LogP contribution in [0.1, 0.15) is 49.4 Å². The first-order chi connectivity index (χ1) is 9.10. The molecule has 1 amide bonds. The van der Waals surface area contributed by atoms with Gasteiger partial charge >= 0.3 is 5.97 Å². The molecule has 110 valence electrons. The number of pyridine rings is 1. The Labute approximate surface area is 119 Å².